The monoisotopic (exact) mass is 366 g/mol. The summed E-state index contributed by atoms with van der Waals surface area (Å²) in [5.41, 5.74) is 0.835. The number of ketones is 1. The maximum Gasteiger partial charge on any atom is 0.140 e. The molecule has 1 N–H and O–H groups in total. The van der Waals surface area contributed by atoms with Crippen molar-refractivity contribution in [2.75, 3.05) is 0 Å². The molecule has 0 bridgehead atoms. The lowest BCUT2D eigenvalue weighted by Gasteiger charge is -2.34. The predicted octanol–water partition coefficient (Wildman–Crippen LogP) is 5.58. The molecule has 0 saturated heterocycles. The summed E-state index contributed by atoms with van der Waals surface area (Å²) < 4.78 is 0. The van der Waals surface area contributed by atoms with Gasteiger partial charge in [-0.1, -0.05) is 69.2 Å². The molecule has 1 saturated carbocycles. The third-order valence-electron chi connectivity index (χ3n) is 5.01. The average Bonchev–Trinajstić information content (AvgIpc) is 2.52. The number of benzene rings is 1. The van der Waals surface area contributed by atoms with Crippen molar-refractivity contribution in [3.8, 4) is 0 Å². The Morgan fingerprint density at radius 2 is 1.75 bits per heavy atom. The van der Waals surface area contributed by atoms with Crippen molar-refractivity contribution >= 4 is 25.5 Å². The van der Waals surface area contributed by atoms with Gasteiger partial charge >= 0.3 is 0 Å². The summed E-state index contributed by atoms with van der Waals surface area (Å²) in [4.78, 5) is 12.7. The Balaban J connectivity index is 2.17. The number of carbonyl (C=O) groups excluding carboxylic acids is 1. The van der Waals surface area contributed by atoms with E-state index in [9.17, 15) is 9.90 Å². The SMILES string of the molecule is C[Si](C)(C)CC(C(=O)CC1(Cl)CCCCC1)C(O)c1ccccc1. The largest absolute Gasteiger partial charge is 0.388 e. The van der Waals surface area contributed by atoms with Gasteiger partial charge in [0.1, 0.15) is 5.78 Å². The fourth-order valence-electron chi connectivity index (χ4n) is 3.75. The van der Waals surface area contributed by atoms with Gasteiger partial charge in [0.15, 0.2) is 0 Å². The van der Waals surface area contributed by atoms with Crippen LogP contribution in [0.15, 0.2) is 30.3 Å². The summed E-state index contributed by atoms with van der Waals surface area (Å²) in [6, 6.07) is 10.4. The molecule has 2 nitrogen and oxygen atoms in total. The number of hydrogen-bond acceptors (Lipinski definition) is 2. The molecule has 1 aliphatic rings. The highest BCUT2D eigenvalue weighted by molar-refractivity contribution is 6.76. The van der Waals surface area contributed by atoms with Crippen LogP contribution >= 0.6 is 11.6 Å². The molecule has 4 heteroatoms. The Kier molecular flexibility index (Phi) is 6.69. The zero-order valence-corrected chi connectivity index (χ0v) is 17.0. The van der Waals surface area contributed by atoms with E-state index in [0.717, 1.165) is 37.3 Å². The van der Waals surface area contributed by atoms with Crippen molar-refractivity contribution in [3.63, 3.8) is 0 Å². The molecule has 0 spiro atoms. The lowest BCUT2D eigenvalue weighted by atomic mass is 9.81. The van der Waals surface area contributed by atoms with Crippen LogP contribution in [-0.2, 0) is 4.79 Å². The van der Waals surface area contributed by atoms with E-state index in [1.165, 1.54) is 6.42 Å². The molecule has 1 aliphatic carbocycles. The Hall–Kier alpha value is -0.643. The molecule has 0 heterocycles. The van der Waals surface area contributed by atoms with Gasteiger partial charge in [-0.25, -0.2) is 0 Å². The molecule has 134 valence electrons. The van der Waals surface area contributed by atoms with E-state index in [4.69, 9.17) is 11.6 Å². The van der Waals surface area contributed by atoms with E-state index in [1.807, 2.05) is 30.3 Å². The Morgan fingerprint density at radius 3 is 2.29 bits per heavy atom. The van der Waals surface area contributed by atoms with Gasteiger partial charge < -0.3 is 5.11 Å². The molecule has 1 fully saturated rings. The van der Waals surface area contributed by atoms with Crippen LogP contribution in [0.3, 0.4) is 0 Å². The molecule has 1 aromatic carbocycles. The summed E-state index contributed by atoms with van der Waals surface area (Å²) in [5.74, 6) is -0.192. The van der Waals surface area contributed by atoms with Crippen molar-refractivity contribution in [1.82, 2.24) is 0 Å². The van der Waals surface area contributed by atoms with Crippen molar-refractivity contribution in [1.29, 1.82) is 0 Å². The van der Waals surface area contributed by atoms with Crippen LogP contribution in [0.1, 0.15) is 50.2 Å². The predicted molar refractivity (Wildman–Crippen MR) is 104 cm³/mol. The highest BCUT2D eigenvalue weighted by Gasteiger charge is 2.38. The number of Topliss-reactive ketones (excluding diaryl/α,β-unsaturated/α-hetero) is 1. The van der Waals surface area contributed by atoms with Gasteiger partial charge in [-0.3, -0.25) is 4.79 Å². The second kappa shape index (κ2) is 8.16. The molecule has 0 radical (unpaired) electrons. The third-order valence-corrected chi connectivity index (χ3v) is 7.18. The van der Waals surface area contributed by atoms with Crippen LogP contribution in [0.5, 0.6) is 0 Å². The molecular formula is C20H31ClO2Si. The highest BCUT2D eigenvalue weighted by Crippen LogP contribution is 2.40. The minimum atomic E-state index is -1.49. The first-order valence-electron chi connectivity index (χ1n) is 9.15. The molecule has 2 rings (SSSR count). The maximum absolute atomic E-state index is 13.1. The van der Waals surface area contributed by atoms with Crippen LogP contribution in [0.25, 0.3) is 0 Å². The molecule has 0 aromatic heterocycles. The van der Waals surface area contributed by atoms with E-state index in [0.29, 0.717) is 6.42 Å². The second-order valence-electron chi connectivity index (χ2n) is 8.58. The summed E-state index contributed by atoms with van der Waals surface area (Å²) in [5, 5.41) is 10.9. The fourth-order valence-corrected chi connectivity index (χ4v) is 5.92. The molecule has 0 aliphatic heterocycles. The number of carbonyl (C=O) groups is 1. The zero-order chi connectivity index (χ0) is 17.8. The smallest absolute Gasteiger partial charge is 0.140 e. The van der Waals surface area contributed by atoms with Crippen LogP contribution in [0.2, 0.25) is 25.7 Å². The summed E-state index contributed by atoms with van der Waals surface area (Å²) >= 11 is 6.74. The van der Waals surface area contributed by atoms with Crippen LogP contribution < -0.4 is 0 Å². The van der Waals surface area contributed by atoms with Gasteiger partial charge in [0.2, 0.25) is 0 Å². The number of rotatable bonds is 7. The molecule has 2 unspecified atom stereocenters. The number of aliphatic hydroxyl groups is 1. The van der Waals surface area contributed by atoms with Crippen LogP contribution in [-0.4, -0.2) is 23.8 Å². The van der Waals surface area contributed by atoms with Gasteiger partial charge in [0.25, 0.3) is 0 Å². The molecule has 1 aromatic rings. The molecule has 0 amide bonds. The van der Waals surface area contributed by atoms with E-state index in [2.05, 4.69) is 19.6 Å². The van der Waals surface area contributed by atoms with E-state index >= 15 is 0 Å². The lowest BCUT2D eigenvalue weighted by molar-refractivity contribution is -0.126. The number of aliphatic hydroxyl groups excluding tert-OH is 1. The van der Waals surface area contributed by atoms with Crippen molar-refractivity contribution in [3.05, 3.63) is 35.9 Å². The lowest BCUT2D eigenvalue weighted by Crippen LogP contribution is -2.36. The minimum absolute atomic E-state index is 0.144. The van der Waals surface area contributed by atoms with E-state index in [-0.39, 0.29) is 16.6 Å². The average molecular weight is 367 g/mol. The van der Waals surface area contributed by atoms with Crippen LogP contribution in [0, 0.1) is 5.92 Å². The molecule has 2 atom stereocenters. The van der Waals surface area contributed by atoms with Gasteiger partial charge in [0.05, 0.1) is 11.0 Å². The Morgan fingerprint density at radius 1 is 1.17 bits per heavy atom. The fraction of sp³-hybridized carbons (Fsp3) is 0.650. The highest BCUT2D eigenvalue weighted by atomic mass is 35.5. The Bertz CT molecular complexity index is 532. The molecular weight excluding hydrogens is 336 g/mol. The quantitative estimate of drug-likeness (QED) is 0.505. The number of hydrogen-bond donors (Lipinski definition) is 1. The van der Waals surface area contributed by atoms with E-state index in [1.54, 1.807) is 0 Å². The first-order chi connectivity index (χ1) is 11.2. The van der Waals surface area contributed by atoms with Crippen molar-refractivity contribution < 1.29 is 9.90 Å². The standard InChI is InChI=1S/C20H31ClO2Si/c1-24(2,3)15-17(19(23)16-10-6-4-7-11-16)18(22)14-20(21)12-8-5-9-13-20/h4,6-7,10-11,17,19,23H,5,8-9,12-15H2,1-3H3. The van der Waals surface area contributed by atoms with Crippen LogP contribution in [0.4, 0.5) is 0 Å². The van der Waals surface area contributed by atoms with Crippen molar-refractivity contribution in [2.45, 2.75) is 75.2 Å². The number of alkyl halides is 1. The molecule has 24 heavy (non-hydrogen) atoms. The number of halogens is 1. The van der Waals surface area contributed by atoms with Gasteiger partial charge in [-0.15, -0.1) is 11.6 Å². The summed E-state index contributed by atoms with van der Waals surface area (Å²) in [6.07, 6.45) is 4.94. The first-order valence-corrected chi connectivity index (χ1v) is 13.2. The van der Waals surface area contributed by atoms with Gasteiger partial charge in [-0.05, 0) is 24.4 Å². The van der Waals surface area contributed by atoms with E-state index < -0.39 is 14.2 Å². The van der Waals surface area contributed by atoms with Gasteiger partial charge in [0, 0.05) is 20.4 Å². The Labute approximate surface area is 152 Å². The normalized spacial score (nSPS) is 20.4. The second-order valence-corrected chi connectivity index (χ2v) is 14.9. The summed E-state index contributed by atoms with van der Waals surface area (Å²) in [7, 11) is -1.49. The topological polar surface area (TPSA) is 37.3 Å². The first kappa shape index (κ1) is 19.7. The van der Waals surface area contributed by atoms with Gasteiger partial charge in [-0.2, -0.15) is 0 Å². The summed E-state index contributed by atoms with van der Waals surface area (Å²) in [6.45, 7) is 6.76. The zero-order valence-electron chi connectivity index (χ0n) is 15.2. The maximum atomic E-state index is 13.1. The third kappa shape index (κ3) is 5.71. The minimum Gasteiger partial charge on any atom is -0.388 e. The van der Waals surface area contributed by atoms with Crippen molar-refractivity contribution in [2.24, 2.45) is 5.92 Å².